The minimum Gasteiger partial charge on any atom is -0.310 e. The van der Waals surface area contributed by atoms with Gasteiger partial charge in [-0.15, -0.1) is 0 Å². The molecule has 3 rings (SSSR count). The van der Waals surface area contributed by atoms with Crippen LogP contribution in [0.25, 0.3) is 0 Å². The van der Waals surface area contributed by atoms with E-state index in [0.29, 0.717) is 11.4 Å². The molecule has 2 aromatic rings. The standard InChI is InChI=1S/C15H13N3O/c19-15(12-5-3-9-16-10-12)18-14-8-7-11-4-1-2-6-13(11)17-14/h1-6,9-10H,7-8H2,(H,17,18,19). The zero-order valence-corrected chi connectivity index (χ0v) is 10.3. The number of aryl methyl sites for hydroxylation is 1. The Morgan fingerprint density at radius 2 is 2.00 bits per heavy atom. The van der Waals surface area contributed by atoms with Crippen molar-refractivity contribution < 1.29 is 4.79 Å². The first-order valence-electron chi connectivity index (χ1n) is 6.20. The molecule has 19 heavy (non-hydrogen) atoms. The number of nitrogens with one attached hydrogen (secondary N) is 1. The number of nitrogens with zero attached hydrogens (tertiary/aromatic N) is 2. The molecular weight excluding hydrogens is 238 g/mol. The summed E-state index contributed by atoms with van der Waals surface area (Å²) in [6, 6.07) is 11.5. The molecule has 0 spiro atoms. The monoisotopic (exact) mass is 251 g/mol. The smallest absolute Gasteiger partial charge is 0.258 e. The van der Waals surface area contributed by atoms with Crippen LogP contribution in [0.2, 0.25) is 0 Å². The number of amidine groups is 1. The normalized spacial score (nSPS) is 13.4. The second-order valence-corrected chi connectivity index (χ2v) is 4.38. The lowest BCUT2D eigenvalue weighted by molar-refractivity contribution is 0.0976. The average Bonchev–Trinajstić information content (AvgIpc) is 2.48. The minimum absolute atomic E-state index is 0.161. The topological polar surface area (TPSA) is 54.4 Å². The molecular formula is C15H13N3O. The highest BCUT2D eigenvalue weighted by Gasteiger charge is 2.14. The van der Waals surface area contributed by atoms with Crippen molar-refractivity contribution in [2.75, 3.05) is 0 Å². The number of para-hydroxylation sites is 1. The van der Waals surface area contributed by atoms with Crippen molar-refractivity contribution in [2.24, 2.45) is 4.99 Å². The molecule has 0 saturated heterocycles. The summed E-state index contributed by atoms with van der Waals surface area (Å²) in [7, 11) is 0. The van der Waals surface area contributed by atoms with Crippen LogP contribution in [-0.2, 0) is 6.42 Å². The summed E-state index contributed by atoms with van der Waals surface area (Å²) >= 11 is 0. The van der Waals surface area contributed by atoms with Gasteiger partial charge in [0.05, 0.1) is 11.3 Å². The van der Waals surface area contributed by atoms with Crippen LogP contribution in [0.5, 0.6) is 0 Å². The maximum absolute atomic E-state index is 12.0. The number of aliphatic imine (C=N–C) groups is 1. The number of carbonyl (C=O) groups is 1. The van der Waals surface area contributed by atoms with E-state index in [1.807, 2.05) is 18.2 Å². The number of hydrogen-bond donors (Lipinski definition) is 1. The fourth-order valence-electron chi connectivity index (χ4n) is 2.08. The number of benzene rings is 1. The summed E-state index contributed by atoms with van der Waals surface area (Å²) < 4.78 is 0. The number of fused-ring (bicyclic) bond motifs is 1. The zero-order chi connectivity index (χ0) is 13.1. The Kier molecular flexibility index (Phi) is 3.06. The van der Waals surface area contributed by atoms with Crippen molar-refractivity contribution in [3.63, 3.8) is 0 Å². The van der Waals surface area contributed by atoms with Crippen LogP contribution in [0.4, 0.5) is 5.69 Å². The van der Waals surface area contributed by atoms with Crippen molar-refractivity contribution in [3.05, 3.63) is 59.9 Å². The van der Waals surface area contributed by atoms with Crippen LogP contribution in [0, 0.1) is 0 Å². The highest BCUT2D eigenvalue weighted by Crippen LogP contribution is 2.24. The Morgan fingerprint density at radius 3 is 2.84 bits per heavy atom. The van der Waals surface area contributed by atoms with Gasteiger partial charge in [0.2, 0.25) is 0 Å². The maximum atomic E-state index is 12.0. The molecule has 0 saturated carbocycles. The highest BCUT2D eigenvalue weighted by molar-refractivity contribution is 6.07. The van der Waals surface area contributed by atoms with E-state index in [2.05, 4.69) is 21.4 Å². The van der Waals surface area contributed by atoms with E-state index in [9.17, 15) is 4.79 Å². The molecule has 1 amide bonds. The van der Waals surface area contributed by atoms with Crippen LogP contribution in [0.1, 0.15) is 22.3 Å². The molecule has 2 heterocycles. The lowest BCUT2D eigenvalue weighted by Gasteiger charge is -2.15. The van der Waals surface area contributed by atoms with Crippen molar-refractivity contribution in [3.8, 4) is 0 Å². The van der Waals surface area contributed by atoms with Gasteiger partial charge in [0.25, 0.3) is 5.91 Å². The molecule has 0 atom stereocenters. The van der Waals surface area contributed by atoms with Crippen LogP contribution in [-0.4, -0.2) is 16.7 Å². The Balaban J connectivity index is 1.79. The number of hydrogen-bond acceptors (Lipinski definition) is 3. The third-order valence-electron chi connectivity index (χ3n) is 3.06. The first-order valence-corrected chi connectivity index (χ1v) is 6.20. The largest absolute Gasteiger partial charge is 0.310 e. The summed E-state index contributed by atoms with van der Waals surface area (Å²) in [4.78, 5) is 20.4. The van der Waals surface area contributed by atoms with Crippen molar-refractivity contribution >= 4 is 17.4 Å². The predicted octanol–water partition coefficient (Wildman–Crippen LogP) is 2.49. The maximum Gasteiger partial charge on any atom is 0.258 e. The summed E-state index contributed by atoms with van der Waals surface area (Å²) in [6.07, 6.45) is 4.85. The van der Waals surface area contributed by atoms with Gasteiger partial charge < -0.3 is 5.32 Å². The molecule has 0 fully saturated rings. The Labute approximate surface area is 111 Å². The lowest BCUT2D eigenvalue weighted by atomic mass is 10.0. The molecule has 0 bridgehead atoms. The number of rotatable bonds is 1. The van der Waals surface area contributed by atoms with E-state index in [4.69, 9.17) is 0 Å². The van der Waals surface area contributed by atoms with Crippen molar-refractivity contribution in [1.82, 2.24) is 10.3 Å². The van der Waals surface area contributed by atoms with Gasteiger partial charge in [-0.25, -0.2) is 4.99 Å². The van der Waals surface area contributed by atoms with Gasteiger partial charge in [-0.2, -0.15) is 0 Å². The summed E-state index contributed by atoms with van der Waals surface area (Å²) in [5, 5.41) is 2.85. The van der Waals surface area contributed by atoms with E-state index in [-0.39, 0.29) is 5.91 Å². The van der Waals surface area contributed by atoms with Gasteiger partial charge in [0.15, 0.2) is 0 Å². The molecule has 1 aliphatic heterocycles. The van der Waals surface area contributed by atoms with Crippen LogP contribution >= 0.6 is 0 Å². The third kappa shape index (κ3) is 2.52. The number of pyridine rings is 1. The Morgan fingerprint density at radius 1 is 1.11 bits per heavy atom. The molecule has 1 aliphatic rings. The third-order valence-corrected chi connectivity index (χ3v) is 3.06. The number of carbonyl (C=O) groups excluding carboxylic acids is 1. The average molecular weight is 251 g/mol. The van der Waals surface area contributed by atoms with E-state index in [1.54, 1.807) is 24.5 Å². The van der Waals surface area contributed by atoms with Crippen LogP contribution < -0.4 is 5.32 Å². The quantitative estimate of drug-likeness (QED) is 0.846. The van der Waals surface area contributed by atoms with Gasteiger partial charge in [0, 0.05) is 18.8 Å². The molecule has 1 aromatic carbocycles. The Hall–Kier alpha value is -2.49. The van der Waals surface area contributed by atoms with Crippen molar-refractivity contribution in [1.29, 1.82) is 0 Å². The number of amides is 1. The van der Waals surface area contributed by atoms with E-state index < -0.39 is 0 Å². The zero-order valence-electron chi connectivity index (χ0n) is 10.3. The summed E-state index contributed by atoms with van der Waals surface area (Å²) in [5.74, 6) is 0.554. The van der Waals surface area contributed by atoms with Crippen LogP contribution in [0.3, 0.4) is 0 Å². The van der Waals surface area contributed by atoms with Gasteiger partial charge in [-0.1, -0.05) is 18.2 Å². The molecule has 4 nitrogen and oxygen atoms in total. The summed E-state index contributed by atoms with van der Waals surface area (Å²) in [5.41, 5.74) is 2.71. The molecule has 1 N–H and O–H groups in total. The van der Waals surface area contributed by atoms with E-state index >= 15 is 0 Å². The Bertz CT molecular complexity index is 635. The van der Waals surface area contributed by atoms with E-state index in [0.717, 1.165) is 18.5 Å². The number of aromatic nitrogens is 1. The first kappa shape index (κ1) is 11.6. The molecule has 1 aromatic heterocycles. The van der Waals surface area contributed by atoms with Crippen molar-refractivity contribution in [2.45, 2.75) is 12.8 Å². The SMILES string of the molecule is O=C(NC1=Nc2ccccc2CC1)c1cccnc1. The van der Waals surface area contributed by atoms with Gasteiger partial charge >= 0.3 is 0 Å². The van der Waals surface area contributed by atoms with Gasteiger partial charge in [0.1, 0.15) is 5.84 Å². The second kappa shape index (κ2) is 5.02. The first-order chi connectivity index (χ1) is 9.33. The van der Waals surface area contributed by atoms with Gasteiger partial charge in [-0.3, -0.25) is 9.78 Å². The molecule has 4 heteroatoms. The van der Waals surface area contributed by atoms with Gasteiger partial charge in [-0.05, 0) is 30.2 Å². The fourth-order valence-corrected chi connectivity index (χ4v) is 2.08. The second-order valence-electron chi connectivity index (χ2n) is 4.38. The van der Waals surface area contributed by atoms with E-state index in [1.165, 1.54) is 5.56 Å². The van der Waals surface area contributed by atoms with Crippen LogP contribution in [0.15, 0.2) is 53.8 Å². The molecule has 94 valence electrons. The fraction of sp³-hybridized carbons (Fsp3) is 0.133. The summed E-state index contributed by atoms with van der Waals surface area (Å²) in [6.45, 7) is 0. The lowest BCUT2D eigenvalue weighted by Crippen LogP contribution is -2.31. The predicted molar refractivity (Wildman–Crippen MR) is 73.6 cm³/mol. The molecule has 0 aliphatic carbocycles. The minimum atomic E-state index is -0.161. The molecule has 0 unspecified atom stereocenters. The molecule has 0 radical (unpaired) electrons. The highest BCUT2D eigenvalue weighted by atomic mass is 16.1.